The number of hydrogen-bond donors (Lipinski definition) is 4. The number of anilines is 1. The zero-order valence-electron chi connectivity index (χ0n) is 18.7. The van der Waals surface area contributed by atoms with Gasteiger partial charge >= 0.3 is 37.7 Å². The van der Waals surface area contributed by atoms with E-state index in [1.807, 2.05) is 51.0 Å². The maximum Gasteiger partial charge on any atom is 2.00 e. The number of nitrogens with one attached hydrogen (secondary N) is 2. The molecule has 3 radical (unpaired) electrons. The van der Waals surface area contributed by atoms with Gasteiger partial charge in [-0.15, -0.1) is 5.56 Å². The maximum atomic E-state index is 5.62. The SMILES string of the molecule is CCN.CCNCc1c[c-]ccc1.Cc1cccc(N)c1C.[B]N[B]C.[CH3-].[Ca+2]. The molecule has 0 spiro atoms. The summed E-state index contributed by atoms with van der Waals surface area (Å²) in [6, 6.07) is 17.0. The summed E-state index contributed by atoms with van der Waals surface area (Å²) >= 11 is 0. The Hall–Kier alpha value is -0.490. The minimum atomic E-state index is 0. The standard InChI is InChI=1S/C9H12N.C8H11N.C2H7N.CH4B2N.CH3.Ca/c1-2-10-8-9-6-4-3-5-7-9;1-6-4-3-5-8(9)7(6)2;1-2-3;1-3-4-2;;/h3-4,6-7,10H,2,8H2,1H3;3-5H,9H2,1-2H3;2-3H2,1H3;4H,1H3;1H3;/q-1;;;;-1;+2. The van der Waals surface area contributed by atoms with E-state index in [1.54, 1.807) is 7.41 Å². The van der Waals surface area contributed by atoms with Gasteiger partial charge < -0.3 is 29.3 Å². The van der Waals surface area contributed by atoms with Crippen molar-refractivity contribution >= 4 is 58.8 Å². The van der Waals surface area contributed by atoms with Crippen LogP contribution in [0.1, 0.15) is 30.5 Å². The van der Waals surface area contributed by atoms with Crippen LogP contribution in [0.3, 0.4) is 0 Å². The van der Waals surface area contributed by atoms with E-state index in [2.05, 4.69) is 42.5 Å². The average molecular weight is 407 g/mol. The first-order chi connectivity index (χ1) is 12.5. The fourth-order valence-electron chi connectivity index (χ4n) is 1.58. The van der Waals surface area contributed by atoms with Crippen molar-refractivity contribution in [3.8, 4) is 0 Å². The van der Waals surface area contributed by atoms with Crippen molar-refractivity contribution in [1.82, 2.24) is 10.5 Å². The minimum Gasteiger partial charge on any atom is -0.413 e. The predicted molar refractivity (Wildman–Crippen MR) is 130 cm³/mol. The third-order valence-corrected chi connectivity index (χ3v) is 3.16. The number of benzene rings is 2. The summed E-state index contributed by atoms with van der Waals surface area (Å²) in [6.07, 6.45) is 0. The van der Waals surface area contributed by atoms with Gasteiger partial charge in [-0.05, 0) is 50.7 Å². The summed E-state index contributed by atoms with van der Waals surface area (Å²) in [4.78, 5) is 0. The maximum absolute atomic E-state index is 5.62. The van der Waals surface area contributed by atoms with Crippen molar-refractivity contribution in [2.75, 3.05) is 18.8 Å². The van der Waals surface area contributed by atoms with Crippen molar-refractivity contribution in [1.29, 1.82) is 0 Å². The molecule has 0 aliphatic carbocycles. The van der Waals surface area contributed by atoms with Crippen molar-refractivity contribution in [2.24, 2.45) is 5.73 Å². The summed E-state index contributed by atoms with van der Waals surface area (Å²) in [6.45, 7) is 12.6. The summed E-state index contributed by atoms with van der Waals surface area (Å²) in [5, 5.41) is 5.55. The molecular weight excluding hydrogens is 370 g/mol. The largest absolute Gasteiger partial charge is 2.00 e. The number of nitrogens with two attached hydrogens (primary N) is 2. The predicted octanol–water partition coefficient (Wildman–Crippen LogP) is 2.84. The van der Waals surface area contributed by atoms with Gasteiger partial charge in [0.25, 0.3) is 0 Å². The van der Waals surface area contributed by atoms with Gasteiger partial charge in [0.2, 0.25) is 0 Å². The van der Waals surface area contributed by atoms with Crippen LogP contribution in [-0.4, -0.2) is 66.2 Å². The van der Waals surface area contributed by atoms with Crippen molar-refractivity contribution in [3.05, 3.63) is 72.6 Å². The first-order valence-corrected chi connectivity index (χ1v) is 8.89. The molecule has 0 atom stereocenters. The Balaban J connectivity index is -0.000000148. The van der Waals surface area contributed by atoms with Gasteiger partial charge in [-0.2, -0.15) is 30.3 Å². The molecule has 0 amide bonds. The molecule has 0 fully saturated rings. The second-order valence-electron chi connectivity index (χ2n) is 5.34. The molecule has 149 valence electrons. The fraction of sp³-hybridized carbons (Fsp3) is 0.381. The molecule has 4 nitrogen and oxygen atoms in total. The number of rotatable bonds is 4. The van der Waals surface area contributed by atoms with E-state index >= 15 is 0 Å². The number of hydrogen-bond acceptors (Lipinski definition) is 4. The van der Waals surface area contributed by atoms with Crippen molar-refractivity contribution in [2.45, 2.75) is 41.1 Å². The van der Waals surface area contributed by atoms with Crippen molar-refractivity contribution in [3.63, 3.8) is 0 Å². The first-order valence-electron chi connectivity index (χ1n) is 8.89. The molecule has 7 heteroatoms. The molecule has 2 aromatic carbocycles. The average Bonchev–Trinajstić information content (AvgIpc) is 2.66. The van der Waals surface area contributed by atoms with Gasteiger partial charge in [-0.25, -0.2) is 0 Å². The summed E-state index contributed by atoms with van der Waals surface area (Å²) in [5.41, 5.74) is 15.1. The summed E-state index contributed by atoms with van der Waals surface area (Å²) < 4.78 is 0. The van der Waals surface area contributed by atoms with Gasteiger partial charge in [0, 0.05) is 5.69 Å². The van der Waals surface area contributed by atoms with Crippen LogP contribution in [0.4, 0.5) is 5.69 Å². The smallest absolute Gasteiger partial charge is 0.413 e. The van der Waals surface area contributed by atoms with E-state index < -0.39 is 0 Å². The van der Waals surface area contributed by atoms with Gasteiger partial charge in [0.1, 0.15) is 0 Å². The van der Waals surface area contributed by atoms with Crippen LogP contribution < -0.4 is 21.9 Å². The second kappa shape index (κ2) is 26.5. The van der Waals surface area contributed by atoms with E-state index in [9.17, 15) is 0 Å². The monoisotopic (exact) mass is 407 g/mol. The van der Waals surface area contributed by atoms with Crippen LogP contribution >= 0.6 is 0 Å². The number of nitrogen functional groups attached to an aromatic ring is 1. The van der Waals surface area contributed by atoms with Gasteiger partial charge in [0.15, 0.2) is 15.4 Å². The van der Waals surface area contributed by atoms with Gasteiger partial charge in [-0.1, -0.05) is 32.8 Å². The summed E-state index contributed by atoms with van der Waals surface area (Å²) in [5.74, 6) is 0. The van der Waals surface area contributed by atoms with Crippen LogP contribution in [-0.2, 0) is 6.54 Å². The molecule has 6 N–H and O–H groups in total. The second-order valence-corrected chi connectivity index (χ2v) is 5.34. The zero-order chi connectivity index (χ0) is 20.2. The Morgan fingerprint density at radius 3 is 2.07 bits per heavy atom. The zero-order valence-corrected chi connectivity index (χ0v) is 20.9. The molecule has 0 heterocycles. The molecule has 0 aromatic heterocycles. The van der Waals surface area contributed by atoms with Crippen LogP contribution in [0.5, 0.6) is 0 Å². The molecular formula is C21H37B2CaN4. The molecule has 28 heavy (non-hydrogen) atoms. The topological polar surface area (TPSA) is 76.1 Å². The van der Waals surface area contributed by atoms with Crippen LogP contribution in [0.2, 0.25) is 6.82 Å². The Labute approximate surface area is 206 Å². The van der Waals surface area contributed by atoms with Crippen LogP contribution in [0.15, 0.2) is 42.5 Å². The number of aryl methyl sites for hydroxylation is 1. The van der Waals surface area contributed by atoms with Crippen molar-refractivity contribution < 1.29 is 0 Å². The Morgan fingerprint density at radius 2 is 1.71 bits per heavy atom. The molecule has 0 saturated heterocycles. The van der Waals surface area contributed by atoms with E-state index in [0.717, 1.165) is 25.3 Å². The Bertz CT molecular complexity index is 521. The molecule has 0 saturated carbocycles. The Morgan fingerprint density at radius 1 is 1.14 bits per heavy atom. The third-order valence-electron chi connectivity index (χ3n) is 3.16. The molecule has 0 unspecified atom stereocenters. The minimum absolute atomic E-state index is 0. The van der Waals surface area contributed by atoms with E-state index in [1.165, 1.54) is 16.7 Å². The molecule has 0 aliphatic rings. The molecule has 0 bridgehead atoms. The van der Waals surface area contributed by atoms with Crippen LogP contribution in [0.25, 0.3) is 0 Å². The Kier molecular flexibility index (Phi) is 33.1. The third kappa shape index (κ3) is 21.8. The first kappa shape index (κ1) is 35.0. The van der Waals surface area contributed by atoms with Crippen LogP contribution in [0, 0.1) is 27.3 Å². The van der Waals surface area contributed by atoms with E-state index in [4.69, 9.17) is 19.4 Å². The van der Waals surface area contributed by atoms with Gasteiger partial charge in [0.05, 0.1) is 0 Å². The molecule has 2 rings (SSSR count). The molecule has 2 aromatic rings. The molecule has 0 aliphatic heterocycles. The van der Waals surface area contributed by atoms with E-state index in [-0.39, 0.29) is 45.2 Å². The normalized spacial score (nSPS) is 8.07. The van der Waals surface area contributed by atoms with E-state index in [0.29, 0.717) is 0 Å². The fourth-order valence-corrected chi connectivity index (χ4v) is 1.58. The summed E-state index contributed by atoms with van der Waals surface area (Å²) in [7, 11) is 6.38. The quantitative estimate of drug-likeness (QED) is 0.357. The van der Waals surface area contributed by atoms with Gasteiger partial charge in [-0.3, -0.25) is 0 Å².